The van der Waals surface area contributed by atoms with Crippen LogP contribution < -0.4 is 5.32 Å². The number of anilines is 1. The van der Waals surface area contributed by atoms with Gasteiger partial charge in [-0.3, -0.25) is 19.3 Å². The number of hydrogen-bond donors (Lipinski definition) is 1. The molecule has 2 aliphatic carbocycles. The maximum Gasteiger partial charge on any atom is 0.329 e. The highest BCUT2D eigenvalue weighted by Crippen LogP contribution is 2.60. The van der Waals surface area contributed by atoms with Crippen LogP contribution in [0.15, 0.2) is 16.6 Å². The first-order valence-corrected chi connectivity index (χ1v) is 13.1. The van der Waals surface area contributed by atoms with Gasteiger partial charge in [0, 0.05) is 19.8 Å². The van der Waals surface area contributed by atoms with Crippen LogP contribution in [0.3, 0.4) is 0 Å². The molecule has 3 aliphatic rings. The summed E-state index contributed by atoms with van der Waals surface area (Å²) in [4.78, 5) is 52.2. The van der Waals surface area contributed by atoms with Crippen LogP contribution in [0.5, 0.6) is 0 Å². The normalized spacial score (nSPS) is 31.6. The van der Waals surface area contributed by atoms with Crippen LogP contribution in [0, 0.1) is 30.6 Å². The fourth-order valence-electron chi connectivity index (χ4n) is 5.09. The molecule has 1 heterocycles. The number of halogens is 4. The summed E-state index contributed by atoms with van der Waals surface area (Å²) in [6, 6.07) is 2.28. The minimum atomic E-state index is -1.10. The zero-order valence-corrected chi connectivity index (χ0v) is 22.6. The summed E-state index contributed by atoms with van der Waals surface area (Å²) in [5.74, 6) is -2.70. The molecule has 1 aromatic rings. The molecule has 1 N–H and O–H groups in total. The minimum Gasteiger partial charge on any atom is -0.454 e. The molecule has 0 aromatic heterocycles. The summed E-state index contributed by atoms with van der Waals surface area (Å²) in [6.45, 7) is 2.66. The zero-order chi connectivity index (χ0) is 23.5. The van der Waals surface area contributed by atoms with Gasteiger partial charge in [0.05, 0.1) is 16.9 Å². The summed E-state index contributed by atoms with van der Waals surface area (Å²) >= 11 is 16.7. The van der Waals surface area contributed by atoms with Gasteiger partial charge in [0.1, 0.15) is 6.04 Å². The average Bonchev–Trinajstić information content (AvgIpc) is 3.36. The maximum absolute atomic E-state index is 13.0. The van der Waals surface area contributed by atoms with Crippen molar-refractivity contribution in [1.82, 2.24) is 4.90 Å². The number of fused-ring (bicyclic) bond motifs is 5. The Bertz CT molecular complexity index is 989. The third-order valence-electron chi connectivity index (χ3n) is 6.71. The predicted octanol–water partition coefficient (Wildman–Crippen LogP) is 4.06. The molecule has 172 valence electrons. The van der Waals surface area contributed by atoms with E-state index in [4.69, 9.17) is 16.3 Å². The lowest BCUT2D eigenvalue weighted by atomic mass is 9.81. The van der Waals surface area contributed by atoms with Gasteiger partial charge in [0.15, 0.2) is 6.61 Å². The third kappa shape index (κ3) is 3.84. The minimum absolute atomic E-state index is 0.0609. The Kier molecular flexibility index (Phi) is 6.80. The molecule has 3 amide bonds. The van der Waals surface area contributed by atoms with E-state index in [1.165, 1.54) is 6.92 Å². The van der Waals surface area contributed by atoms with Gasteiger partial charge in [-0.2, -0.15) is 0 Å². The van der Waals surface area contributed by atoms with Crippen molar-refractivity contribution in [2.24, 2.45) is 23.7 Å². The summed E-state index contributed by atoms with van der Waals surface area (Å²) in [6.07, 6.45) is 0.810. The van der Waals surface area contributed by atoms with E-state index in [0.29, 0.717) is 20.7 Å². The molecule has 4 rings (SSSR count). The lowest BCUT2D eigenvalue weighted by molar-refractivity contribution is -0.159. The van der Waals surface area contributed by atoms with Crippen molar-refractivity contribution in [1.29, 1.82) is 0 Å². The van der Waals surface area contributed by atoms with E-state index in [1.807, 2.05) is 0 Å². The van der Waals surface area contributed by atoms with Gasteiger partial charge in [0.25, 0.3) is 5.91 Å². The monoisotopic (exact) mass is 652 g/mol. The number of likely N-dealkylation sites (tertiary alicyclic amines) is 1. The average molecular weight is 656 g/mol. The molecule has 1 saturated heterocycles. The molecule has 2 bridgehead atoms. The van der Waals surface area contributed by atoms with Crippen LogP contribution in [0.1, 0.15) is 18.9 Å². The smallest absolute Gasteiger partial charge is 0.329 e. The van der Waals surface area contributed by atoms with Crippen molar-refractivity contribution in [3.05, 3.63) is 27.2 Å². The second-order valence-electron chi connectivity index (χ2n) is 8.42. The summed E-state index contributed by atoms with van der Waals surface area (Å²) in [7, 11) is 0. The lowest BCUT2D eigenvalue weighted by Gasteiger charge is -2.28. The topological polar surface area (TPSA) is 92.8 Å². The number of carbonyl (C=O) groups excluding carboxylic acids is 4. The number of ether oxygens (including phenoxy) is 1. The summed E-state index contributed by atoms with van der Waals surface area (Å²) in [5, 5.41) is 3.11. The van der Waals surface area contributed by atoms with E-state index in [2.05, 4.69) is 53.1 Å². The van der Waals surface area contributed by atoms with E-state index in [1.54, 1.807) is 19.1 Å². The van der Waals surface area contributed by atoms with Crippen LogP contribution in [0.25, 0.3) is 0 Å². The van der Waals surface area contributed by atoms with Gasteiger partial charge in [-0.15, -0.1) is 0 Å². The molecule has 7 atom stereocenters. The first-order valence-electron chi connectivity index (χ1n) is 10.1. The summed E-state index contributed by atoms with van der Waals surface area (Å²) < 4.78 is 5.82. The number of rotatable bonds is 5. The highest BCUT2D eigenvalue weighted by molar-refractivity contribution is 9.12. The standard InChI is InChI=1S/C21H20Br3ClN2O5/c1-7-12(4-3-11(22)18(7)25)26-13(28)6-32-21(31)8(2)27-19(29)14-9-5-10(15(14)20(27)30)17(24)16(9)23/h3-4,8-10,14-17H,5-6H2,1-2H3,(H,26,28)/t8-,9+,10+,14-,15+,16-,17-/m0/s1. The quantitative estimate of drug-likeness (QED) is 0.294. The van der Waals surface area contributed by atoms with Crippen molar-refractivity contribution in [2.75, 3.05) is 11.9 Å². The Balaban J connectivity index is 1.37. The molecular weight excluding hydrogens is 635 g/mol. The highest BCUT2D eigenvalue weighted by Gasteiger charge is 2.67. The number of hydrogen-bond acceptors (Lipinski definition) is 5. The van der Waals surface area contributed by atoms with E-state index in [-0.39, 0.29) is 33.3 Å². The summed E-state index contributed by atoms with van der Waals surface area (Å²) in [5.41, 5.74) is 1.16. The zero-order valence-electron chi connectivity index (χ0n) is 17.1. The molecule has 7 nitrogen and oxygen atoms in total. The number of amides is 3. The van der Waals surface area contributed by atoms with Crippen molar-refractivity contribution in [3.63, 3.8) is 0 Å². The second-order valence-corrected chi connectivity index (χ2v) is 11.8. The Labute approximate surface area is 215 Å². The van der Waals surface area contributed by atoms with Crippen LogP contribution in [0.4, 0.5) is 5.69 Å². The number of benzene rings is 1. The molecule has 11 heteroatoms. The molecule has 1 aromatic carbocycles. The van der Waals surface area contributed by atoms with Crippen LogP contribution >= 0.6 is 59.4 Å². The molecule has 0 radical (unpaired) electrons. The van der Waals surface area contributed by atoms with E-state index in [0.717, 1.165) is 11.3 Å². The molecule has 0 unspecified atom stereocenters. The number of nitrogens with zero attached hydrogens (tertiary/aromatic N) is 1. The Morgan fingerprint density at radius 2 is 1.75 bits per heavy atom. The van der Waals surface area contributed by atoms with Crippen molar-refractivity contribution >= 4 is 88.8 Å². The lowest BCUT2D eigenvalue weighted by Crippen LogP contribution is -2.45. The fourth-order valence-corrected chi connectivity index (χ4v) is 7.56. The number of carbonyl (C=O) groups is 4. The van der Waals surface area contributed by atoms with Gasteiger partial charge in [-0.1, -0.05) is 43.5 Å². The fraction of sp³-hybridized carbons (Fsp3) is 0.524. The van der Waals surface area contributed by atoms with Gasteiger partial charge in [-0.25, -0.2) is 4.79 Å². The number of nitrogens with one attached hydrogen (secondary N) is 1. The first-order chi connectivity index (χ1) is 15.0. The SMILES string of the molecule is Cc1c(NC(=O)COC(=O)[C@H](C)N2C(=O)[C@@H]3[C@H]4C[C@@H]([C@H](Br)[C@H]4Br)[C@@H]3C2=O)ccc(Br)c1Cl. The molecule has 2 saturated carbocycles. The Morgan fingerprint density at radius 3 is 2.31 bits per heavy atom. The van der Waals surface area contributed by atoms with E-state index in [9.17, 15) is 19.2 Å². The van der Waals surface area contributed by atoms with Crippen molar-refractivity contribution < 1.29 is 23.9 Å². The maximum atomic E-state index is 13.0. The number of alkyl halides is 2. The Morgan fingerprint density at radius 1 is 1.19 bits per heavy atom. The van der Waals surface area contributed by atoms with Crippen LogP contribution in [-0.2, 0) is 23.9 Å². The predicted molar refractivity (Wildman–Crippen MR) is 129 cm³/mol. The van der Waals surface area contributed by atoms with Crippen molar-refractivity contribution in [2.45, 2.75) is 36.0 Å². The molecule has 0 spiro atoms. The van der Waals surface area contributed by atoms with Gasteiger partial charge < -0.3 is 10.1 Å². The van der Waals surface area contributed by atoms with Gasteiger partial charge in [-0.05, 0) is 65.7 Å². The molecule has 1 aliphatic heterocycles. The first kappa shape index (κ1) is 24.2. The van der Waals surface area contributed by atoms with Crippen molar-refractivity contribution in [3.8, 4) is 0 Å². The largest absolute Gasteiger partial charge is 0.454 e. The van der Waals surface area contributed by atoms with Crippen LogP contribution in [0.2, 0.25) is 5.02 Å². The van der Waals surface area contributed by atoms with Crippen LogP contribution in [-0.4, -0.2) is 50.9 Å². The highest BCUT2D eigenvalue weighted by atomic mass is 79.9. The number of esters is 1. The second kappa shape index (κ2) is 9.00. The third-order valence-corrected chi connectivity index (χ3v) is 11.3. The Hall–Kier alpha value is -0.970. The van der Waals surface area contributed by atoms with E-state index < -0.39 is 36.4 Å². The van der Waals surface area contributed by atoms with E-state index >= 15 is 0 Å². The molecular formula is C21H20Br3ClN2O5. The van der Waals surface area contributed by atoms with Gasteiger partial charge >= 0.3 is 5.97 Å². The molecule has 32 heavy (non-hydrogen) atoms. The van der Waals surface area contributed by atoms with Gasteiger partial charge in [0.2, 0.25) is 11.8 Å². The number of imide groups is 1. The molecule has 3 fully saturated rings.